The Labute approximate surface area is 175 Å². The van der Waals surface area contributed by atoms with Crippen LogP contribution in [0.25, 0.3) is 6.08 Å². The quantitative estimate of drug-likeness (QED) is 0.509. The van der Waals surface area contributed by atoms with Crippen molar-refractivity contribution >= 4 is 58.5 Å². The number of rotatable bonds is 3. The van der Waals surface area contributed by atoms with Crippen LogP contribution in [0.1, 0.15) is 15.9 Å². The van der Waals surface area contributed by atoms with Gasteiger partial charge in [-0.25, -0.2) is 13.6 Å². The highest BCUT2D eigenvalue weighted by molar-refractivity contribution is 6.39. The number of hydrogen-bond acceptors (Lipinski definition) is 2. The highest BCUT2D eigenvalue weighted by Gasteiger charge is 2.32. The van der Waals surface area contributed by atoms with Crippen molar-refractivity contribution in [3.8, 4) is 0 Å². The summed E-state index contributed by atoms with van der Waals surface area (Å²) < 4.78 is 64.7. The molecule has 4 nitrogen and oxygen atoms in total. The first kappa shape index (κ1) is 22.9. The maximum absolute atomic E-state index is 13.6. The third-order valence-electron chi connectivity index (χ3n) is 3.30. The number of allylic oxidation sites excluding steroid dienone is 1. The molecular formula is C17H8Cl3F5N2O2. The number of halogens is 8. The molecule has 0 aromatic heterocycles. The number of carbonyl (C=O) groups is 2. The Balaban J connectivity index is 2.18. The molecule has 2 rings (SSSR count). The van der Waals surface area contributed by atoms with Crippen LogP contribution >= 0.6 is 34.8 Å². The molecule has 0 heterocycles. The summed E-state index contributed by atoms with van der Waals surface area (Å²) in [6, 6.07) is 3.57. The van der Waals surface area contributed by atoms with Crippen molar-refractivity contribution in [3.63, 3.8) is 0 Å². The lowest BCUT2D eigenvalue weighted by Gasteiger charge is -2.11. The monoisotopic (exact) mass is 472 g/mol. The van der Waals surface area contributed by atoms with Crippen LogP contribution in [0.4, 0.5) is 32.4 Å². The van der Waals surface area contributed by atoms with Gasteiger partial charge >= 0.3 is 12.2 Å². The van der Waals surface area contributed by atoms with E-state index in [0.717, 1.165) is 30.3 Å². The zero-order chi connectivity index (χ0) is 21.9. The van der Waals surface area contributed by atoms with Gasteiger partial charge in [-0.1, -0.05) is 40.9 Å². The lowest BCUT2D eigenvalue weighted by atomic mass is 10.1. The fraction of sp³-hybridized carbons (Fsp3) is 0.0588. The van der Waals surface area contributed by atoms with Crippen molar-refractivity contribution in [2.45, 2.75) is 6.18 Å². The third kappa shape index (κ3) is 5.81. The molecule has 29 heavy (non-hydrogen) atoms. The SMILES string of the molecule is O=C(NC(=O)c1c(F)cccc1F)Nc1cc(Cl)c(C=C(Cl)C(F)(F)F)c(Cl)c1. The lowest BCUT2D eigenvalue weighted by molar-refractivity contribution is -0.0836. The Hall–Kier alpha value is -2.36. The second-order valence-electron chi connectivity index (χ2n) is 5.35. The Bertz CT molecular complexity index is 966. The van der Waals surface area contributed by atoms with E-state index in [9.17, 15) is 31.5 Å². The van der Waals surface area contributed by atoms with Crippen molar-refractivity contribution in [2.24, 2.45) is 0 Å². The molecule has 0 unspecified atom stereocenters. The number of urea groups is 1. The van der Waals surface area contributed by atoms with E-state index >= 15 is 0 Å². The lowest BCUT2D eigenvalue weighted by Crippen LogP contribution is -2.35. The Morgan fingerprint density at radius 1 is 1.00 bits per heavy atom. The summed E-state index contributed by atoms with van der Waals surface area (Å²) in [6.07, 6.45) is -4.31. The van der Waals surface area contributed by atoms with Gasteiger partial charge in [-0.2, -0.15) is 13.2 Å². The number of carbonyl (C=O) groups excluding carboxylic acids is 2. The highest BCUT2D eigenvalue weighted by atomic mass is 35.5. The van der Waals surface area contributed by atoms with Gasteiger partial charge in [-0.15, -0.1) is 0 Å². The Morgan fingerprint density at radius 3 is 2.00 bits per heavy atom. The number of benzene rings is 2. The van der Waals surface area contributed by atoms with Gasteiger partial charge in [-0.3, -0.25) is 10.1 Å². The Morgan fingerprint density at radius 2 is 1.52 bits per heavy atom. The minimum absolute atomic E-state index is 0.111. The molecule has 0 bridgehead atoms. The standard InChI is InChI=1S/C17H8Cl3F5N2O2/c18-9-4-7(5-10(19)8(9)6-13(20)17(23,24)25)26-16(29)27-15(28)14-11(21)2-1-3-12(14)22/h1-6H,(H2,26,27,28,29). The van der Waals surface area contributed by atoms with Crippen LogP contribution in [0.5, 0.6) is 0 Å². The molecular weight excluding hydrogens is 466 g/mol. The van der Waals surface area contributed by atoms with Crippen molar-refractivity contribution in [2.75, 3.05) is 5.32 Å². The van der Waals surface area contributed by atoms with Gasteiger partial charge < -0.3 is 5.32 Å². The molecule has 0 saturated heterocycles. The van der Waals surface area contributed by atoms with Gasteiger partial charge in [-0.05, 0) is 30.3 Å². The smallest absolute Gasteiger partial charge is 0.308 e. The second kappa shape index (κ2) is 8.98. The fourth-order valence-corrected chi connectivity index (χ4v) is 2.75. The van der Waals surface area contributed by atoms with E-state index in [1.807, 2.05) is 0 Å². The molecule has 3 amide bonds. The van der Waals surface area contributed by atoms with Crippen LogP contribution in [0.15, 0.2) is 35.4 Å². The van der Waals surface area contributed by atoms with Gasteiger partial charge in [0.2, 0.25) is 0 Å². The third-order valence-corrected chi connectivity index (χ3v) is 4.24. The average molecular weight is 474 g/mol. The predicted octanol–water partition coefficient (Wildman–Crippen LogP) is 6.38. The Kier molecular flexibility index (Phi) is 7.10. The van der Waals surface area contributed by atoms with Gasteiger partial charge in [0.25, 0.3) is 5.91 Å². The summed E-state index contributed by atoms with van der Waals surface area (Å²) in [5, 5.41) is 1.75. The maximum Gasteiger partial charge on any atom is 0.426 e. The first-order chi connectivity index (χ1) is 13.4. The summed E-state index contributed by atoms with van der Waals surface area (Å²) >= 11 is 16.9. The van der Waals surface area contributed by atoms with Crippen molar-refractivity contribution in [1.82, 2.24) is 5.32 Å². The number of alkyl halides is 3. The van der Waals surface area contributed by atoms with E-state index in [-0.39, 0.29) is 21.3 Å². The average Bonchev–Trinajstić information content (AvgIpc) is 2.56. The molecule has 0 aliphatic carbocycles. The molecule has 0 fully saturated rings. The zero-order valence-electron chi connectivity index (χ0n) is 13.8. The molecule has 154 valence electrons. The van der Waals surface area contributed by atoms with Crippen LogP contribution in [0, 0.1) is 11.6 Å². The molecule has 0 saturated carbocycles. The van der Waals surface area contributed by atoms with Gasteiger partial charge in [0.1, 0.15) is 22.2 Å². The molecule has 0 spiro atoms. The van der Waals surface area contributed by atoms with Crippen LogP contribution < -0.4 is 10.6 Å². The summed E-state index contributed by atoms with van der Waals surface area (Å²) in [5.41, 5.74) is -1.34. The maximum atomic E-state index is 13.6. The minimum Gasteiger partial charge on any atom is -0.308 e. The van der Waals surface area contributed by atoms with Crippen molar-refractivity contribution in [1.29, 1.82) is 0 Å². The number of amides is 3. The number of nitrogens with one attached hydrogen (secondary N) is 2. The van der Waals surface area contributed by atoms with E-state index in [0.29, 0.717) is 6.08 Å². The molecule has 2 aromatic rings. The minimum atomic E-state index is -4.81. The second-order valence-corrected chi connectivity index (χ2v) is 6.57. The molecule has 0 aliphatic heterocycles. The summed E-state index contributed by atoms with van der Waals surface area (Å²) in [5.74, 6) is -3.72. The summed E-state index contributed by atoms with van der Waals surface area (Å²) in [6.45, 7) is 0. The number of imide groups is 1. The van der Waals surface area contributed by atoms with E-state index in [2.05, 4.69) is 5.32 Å². The molecule has 2 aromatic carbocycles. The molecule has 0 radical (unpaired) electrons. The van der Waals surface area contributed by atoms with Gasteiger partial charge in [0.15, 0.2) is 0 Å². The van der Waals surface area contributed by atoms with Gasteiger partial charge in [0, 0.05) is 11.3 Å². The normalized spacial score (nSPS) is 11.9. The number of hydrogen-bond donors (Lipinski definition) is 2. The van der Waals surface area contributed by atoms with E-state index < -0.39 is 40.3 Å². The summed E-state index contributed by atoms with van der Waals surface area (Å²) in [4.78, 5) is 23.7. The molecule has 12 heteroatoms. The van der Waals surface area contributed by atoms with E-state index in [1.54, 1.807) is 5.32 Å². The largest absolute Gasteiger partial charge is 0.426 e. The highest BCUT2D eigenvalue weighted by Crippen LogP contribution is 2.36. The zero-order valence-corrected chi connectivity index (χ0v) is 16.1. The molecule has 0 atom stereocenters. The molecule has 0 aliphatic rings. The molecule has 2 N–H and O–H groups in total. The van der Waals surface area contributed by atoms with E-state index in [1.165, 1.54) is 0 Å². The van der Waals surface area contributed by atoms with Crippen molar-refractivity contribution in [3.05, 3.63) is 68.2 Å². The summed E-state index contributed by atoms with van der Waals surface area (Å²) in [7, 11) is 0. The van der Waals surface area contributed by atoms with Crippen LogP contribution in [-0.2, 0) is 0 Å². The van der Waals surface area contributed by atoms with Crippen molar-refractivity contribution < 1.29 is 31.5 Å². The van der Waals surface area contributed by atoms with Crippen LogP contribution in [0.2, 0.25) is 10.0 Å². The van der Waals surface area contributed by atoms with Crippen LogP contribution in [-0.4, -0.2) is 18.1 Å². The van der Waals surface area contributed by atoms with Crippen LogP contribution in [0.3, 0.4) is 0 Å². The first-order valence-corrected chi connectivity index (χ1v) is 8.53. The topological polar surface area (TPSA) is 58.2 Å². The predicted molar refractivity (Wildman–Crippen MR) is 99.2 cm³/mol. The van der Waals surface area contributed by atoms with E-state index in [4.69, 9.17) is 34.8 Å². The fourth-order valence-electron chi connectivity index (χ4n) is 2.05. The van der Waals surface area contributed by atoms with Gasteiger partial charge in [0.05, 0.1) is 10.0 Å². The number of anilines is 1. The first-order valence-electron chi connectivity index (χ1n) is 7.40.